The van der Waals surface area contributed by atoms with Crippen LogP contribution in [0.2, 0.25) is 0 Å². The topological polar surface area (TPSA) is 75.7 Å². The number of nitrogens with one attached hydrogen (secondary N) is 1. The number of hydrogen-bond donors (Lipinski definition) is 1. The summed E-state index contributed by atoms with van der Waals surface area (Å²) in [7, 11) is -3.60. The van der Waals surface area contributed by atoms with Crippen molar-refractivity contribution in [2.75, 3.05) is 26.2 Å². The van der Waals surface area contributed by atoms with Crippen LogP contribution in [-0.4, -0.2) is 51.6 Å². The molecule has 1 unspecified atom stereocenters. The Morgan fingerprint density at radius 1 is 1.39 bits per heavy atom. The number of aryl methyl sites for hydroxylation is 2. The molecule has 1 amide bonds. The predicted molar refractivity (Wildman–Crippen MR) is 87.7 cm³/mol. The van der Waals surface area contributed by atoms with Crippen LogP contribution in [0.25, 0.3) is 0 Å². The van der Waals surface area contributed by atoms with Gasteiger partial charge in [0, 0.05) is 26.1 Å². The van der Waals surface area contributed by atoms with E-state index in [1.54, 1.807) is 24.0 Å². The molecule has 0 aliphatic carbocycles. The summed E-state index contributed by atoms with van der Waals surface area (Å²) in [5.41, 5.74) is 1.57. The van der Waals surface area contributed by atoms with E-state index in [2.05, 4.69) is 4.72 Å². The van der Waals surface area contributed by atoms with E-state index in [1.807, 2.05) is 19.9 Å². The van der Waals surface area contributed by atoms with Crippen LogP contribution in [0.15, 0.2) is 23.1 Å². The van der Waals surface area contributed by atoms with Crippen LogP contribution in [0, 0.1) is 13.8 Å². The molecular formula is C16H24N2O4S. The molecule has 2 rings (SSSR count). The monoisotopic (exact) mass is 340 g/mol. The number of rotatable bonds is 5. The minimum absolute atomic E-state index is 0.0272. The minimum Gasteiger partial charge on any atom is -0.375 e. The lowest BCUT2D eigenvalue weighted by atomic mass is 10.2. The Labute approximate surface area is 137 Å². The molecule has 6 nitrogen and oxygen atoms in total. The number of benzene rings is 1. The SMILES string of the molecule is Cc1ccc(C)c(S(=O)(=O)NCCC(=O)N2CCOC(C)C2)c1. The van der Waals surface area contributed by atoms with Crippen molar-refractivity contribution < 1.29 is 17.9 Å². The first-order valence-electron chi connectivity index (χ1n) is 7.76. The highest BCUT2D eigenvalue weighted by molar-refractivity contribution is 7.89. The van der Waals surface area contributed by atoms with Crippen LogP contribution in [0.5, 0.6) is 0 Å². The molecular weight excluding hydrogens is 316 g/mol. The fourth-order valence-corrected chi connectivity index (χ4v) is 3.93. The van der Waals surface area contributed by atoms with Gasteiger partial charge in [-0.25, -0.2) is 13.1 Å². The zero-order valence-electron chi connectivity index (χ0n) is 13.8. The number of nitrogens with zero attached hydrogens (tertiary/aromatic N) is 1. The number of morpholine rings is 1. The Balaban J connectivity index is 1.92. The summed E-state index contributed by atoms with van der Waals surface area (Å²) in [6.45, 7) is 7.27. The first-order chi connectivity index (χ1) is 10.8. The number of ether oxygens (including phenoxy) is 1. The van der Waals surface area contributed by atoms with E-state index in [0.717, 1.165) is 5.56 Å². The van der Waals surface area contributed by atoms with Gasteiger partial charge < -0.3 is 9.64 Å². The van der Waals surface area contributed by atoms with Gasteiger partial charge in [0.05, 0.1) is 17.6 Å². The van der Waals surface area contributed by atoms with E-state index >= 15 is 0 Å². The highest BCUT2D eigenvalue weighted by Gasteiger charge is 2.22. The van der Waals surface area contributed by atoms with Gasteiger partial charge in [0.1, 0.15) is 0 Å². The fraction of sp³-hybridized carbons (Fsp3) is 0.562. The lowest BCUT2D eigenvalue weighted by Crippen LogP contribution is -2.45. The maximum atomic E-state index is 12.4. The standard InChI is InChI=1S/C16H24N2O4S/c1-12-4-5-13(2)15(10-12)23(20,21)17-7-6-16(19)18-8-9-22-14(3)11-18/h4-5,10,14,17H,6-9,11H2,1-3H3. The molecule has 1 aliphatic rings. The zero-order valence-corrected chi connectivity index (χ0v) is 14.6. The van der Waals surface area contributed by atoms with Crippen molar-refractivity contribution in [3.63, 3.8) is 0 Å². The maximum Gasteiger partial charge on any atom is 0.240 e. The van der Waals surface area contributed by atoms with Crippen LogP contribution in [0.4, 0.5) is 0 Å². The second-order valence-corrected chi connectivity index (χ2v) is 7.67. The summed E-state index contributed by atoms with van der Waals surface area (Å²) >= 11 is 0. The van der Waals surface area contributed by atoms with Crippen LogP contribution in [0.3, 0.4) is 0 Å². The third kappa shape index (κ3) is 4.76. The number of sulfonamides is 1. The average Bonchev–Trinajstić information content (AvgIpc) is 2.49. The Morgan fingerprint density at radius 2 is 2.13 bits per heavy atom. The van der Waals surface area contributed by atoms with Gasteiger partial charge in [0.2, 0.25) is 15.9 Å². The summed E-state index contributed by atoms with van der Waals surface area (Å²) in [6.07, 6.45) is 0.177. The highest BCUT2D eigenvalue weighted by Crippen LogP contribution is 2.16. The molecule has 1 aromatic rings. The first-order valence-corrected chi connectivity index (χ1v) is 9.24. The van der Waals surface area contributed by atoms with Gasteiger partial charge in [-0.2, -0.15) is 0 Å². The van der Waals surface area contributed by atoms with Crippen LogP contribution in [-0.2, 0) is 19.6 Å². The molecule has 1 aliphatic heterocycles. The van der Waals surface area contributed by atoms with Gasteiger partial charge in [0.15, 0.2) is 0 Å². The van der Waals surface area contributed by atoms with Gasteiger partial charge in [-0.15, -0.1) is 0 Å². The van der Waals surface area contributed by atoms with Crippen molar-refractivity contribution in [1.29, 1.82) is 0 Å². The second-order valence-electron chi connectivity index (χ2n) is 5.94. The quantitative estimate of drug-likeness (QED) is 0.874. The molecule has 0 saturated carbocycles. The largest absolute Gasteiger partial charge is 0.375 e. The molecule has 0 spiro atoms. The fourth-order valence-electron chi connectivity index (χ4n) is 2.57. The molecule has 1 heterocycles. The molecule has 23 heavy (non-hydrogen) atoms. The molecule has 1 saturated heterocycles. The molecule has 1 atom stereocenters. The number of carbonyl (C=O) groups is 1. The van der Waals surface area contributed by atoms with Crippen molar-refractivity contribution in [3.05, 3.63) is 29.3 Å². The molecule has 0 aromatic heterocycles. The lowest BCUT2D eigenvalue weighted by Gasteiger charge is -2.31. The van der Waals surface area contributed by atoms with E-state index in [1.165, 1.54) is 0 Å². The zero-order chi connectivity index (χ0) is 17.0. The van der Waals surface area contributed by atoms with E-state index in [9.17, 15) is 13.2 Å². The van der Waals surface area contributed by atoms with Crippen molar-refractivity contribution in [2.24, 2.45) is 0 Å². The third-order valence-electron chi connectivity index (χ3n) is 3.86. The van der Waals surface area contributed by atoms with Gasteiger partial charge in [0.25, 0.3) is 0 Å². The highest BCUT2D eigenvalue weighted by atomic mass is 32.2. The molecule has 1 aromatic carbocycles. The van der Waals surface area contributed by atoms with E-state index in [4.69, 9.17) is 4.74 Å². The number of amides is 1. The van der Waals surface area contributed by atoms with E-state index in [0.29, 0.717) is 25.3 Å². The van der Waals surface area contributed by atoms with E-state index in [-0.39, 0.29) is 29.9 Å². The summed E-state index contributed by atoms with van der Waals surface area (Å²) in [5.74, 6) is -0.0520. The Kier molecular flexibility index (Phi) is 5.78. The maximum absolute atomic E-state index is 12.4. The van der Waals surface area contributed by atoms with Crippen LogP contribution < -0.4 is 4.72 Å². The van der Waals surface area contributed by atoms with Crippen molar-refractivity contribution >= 4 is 15.9 Å². The smallest absolute Gasteiger partial charge is 0.240 e. The van der Waals surface area contributed by atoms with Crippen molar-refractivity contribution in [2.45, 2.75) is 38.2 Å². The van der Waals surface area contributed by atoms with Crippen molar-refractivity contribution in [3.8, 4) is 0 Å². The number of carbonyl (C=O) groups excluding carboxylic acids is 1. The molecule has 1 fully saturated rings. The molecule has 128 valence electrons. The number of hydrogen-bond acceptors (Lipinski definition) is 4. The summed E-state index contributed by atoms with van der Waals surface area (Å²) in [6, 6.07) is 5.30. The average molecular weight is 340 g/mol. The molecule has 0 radical (unpaired) electrons. The normalized spacial score (nSPS) is 18.9. The Morgan fingerprint density at radius 3 is 2.83 bits per heavy atom. The first kappa shape index (κ1) is 17.9. The predicted octanol–water partition coefficient (Wildman–Crippen LogP) is 1.22. The Hall–Kier alpha value is -1.44. The van der Waals surface area contributed by atoms with Crippen LogP contribution >= 0.6 is 0 Å². The van der Waals surface area contributed by atoms with Crippen LogP contribution in [0.1, 0.15) is 24.5 Å². The molecule has 0 bridgehead atoms. The minimum atomic E-state index is -3.60. The van der Waals surface area contributed by atoms with Gasteiger partial charge in [-0.3, -0.25) is 4.79 Å². The second kappa shape index (κ2) is 7.42. The van der Waals surface area contributed by atoms with E-state index < -0.39 is 10.0 Å². The van der Waals surface area contributed by atoms with Crippen molar-refractivity contribution in [1.82, 2.24) is 9.62 Å². The molecule has 1 N–H and O–H groups in total. The lowest BCUT2D eigenvalue weighted by molar-refractivity contribution is -0.137. The van der Waals surface area contributed by atoms with Gasteiger partial charge in [-0.1, -0.05) is 12.1 Å². The van der Waals surface area contributed by atoms with Gasteiger partial charge in [-0.05, 0) is 38.0 Å². The molecule has 7 heteroatoms. The Bertz CT molecular complexity index is 673. The summed E-state index contributed by atoms with van der Waals surface area (Å²) in [4.78, 5) is 14.1. The summed E-state index contributed by atoms with van der Waals surface area (Å²) < 4.78 is 32.6. The summed E-state index contributed by atoms with van der Waals surface area (Å²) in [5, 5.41) is 0. The van der Waals surface area contributed by atoms with Gasteiger partial charge >= 0.3 is 0 Å². The third-order valence-corrected chi connectivity index (χ3v) is 5.46.